The maximum absolute atomic E-state index is 11.7. The third kappa shape index (κ3) is 5.86. The van der Waals surface area contributed by atoms with E-state index in [0.29, 0.717) is 5.02 Å². The topological polar surface area (TPSA) is 53.0 Å². The van der Waals surface area contributed by atoms with E-state index in [4.69, 9.17) is 11.6 Å². The third-order valence-corrected chi connectivity index (χ3v) is 5.73. The van der Waals surface area contributed by atoms with Crippen LogP contribution in [0.5, 0.6) is 0 Å². The maximum atomic E-state index is 11.7. The first kappa shape index (κ1) is 18.3. The van der Waals surface area contributed by atoms with E-state index in [1.54, 1.807) is 23.8 Å². The number of rotatable bonds is 6. The van der Waals surface area contributed by atoms with E-state index in [0.717, 1.165) is 23.4 Å². The van der Waals surface area contributed by atoms with Crippen molar-refractivity contribution in [3.8, 4) is 0 Å². The highest BCUT2D eigenvalue weighted by Crippen LogP contribution is 2.24. The number of halogens is 1. The third-order valence-electron chi connectivity index (χ3n) is 2.48. The molecule has 0 aliphatic heterocycles. The summed E-state index contributed by atoms with van der Waals surface area (Å²) in [6, 6.07) is 5.28. The normalized spacial score (nSPS) is 12.6. The lowest BCUT2D eigenvalue weighted by molar-refractivity contribution is 0.500. The Labute approximate surface area is 136 Å². The van der Waals surface area contributed by atoms with Crippen molar-refractivity contribution in [3.05, 3.63) is 28.8 Å². The van der Waals surface area contributed by atoms with Crippen molar-refractivity contribution in [3.63, 3.8) is 0 Å². The van der Waals surface area contributed by atoms with Gasteiger partial charge in [-0.2, -0.15) is 0 Å². The summed E-state index contributed by atoms with van der Waals surface area (Å²) >= 11 is 6.99. The van der Waals surface area contributed by atoms with E-state index in [-0.39, 0.29) is 6.04 Å². The minimum absolute atomic E-state index is 0.141. The fourth-order valence-electron chi connectivity index (χ4n) is 1.59. The standard InChI is InChI=1S/C13H20ClN3O2S2/c1-10(2)17(21(5,18)19)20-16(4)9-15-13-7-6-12(14)8-11(13)3/h6-10H,1-5H3. The van der Waals surface area contributed by atoms with Crippen LogP contribution in [0.4, 0.5) is 5.69 Å². The molecular formula is C13H20ClN3O2S2. The lowest BCUT2D eigenvalue weighted by Gasteiger charge is -2.25. The van der Waals surface area contributed by atoms with Crippen LogP contribution in [0.2, 0.25) is 5.02 Å². The molecule has 0 radical (unpaired) electrons. The van der Waals surface area contributed by atoms with Crippen LogP contribution >= 0.6 is 23.7 Å². The molecule has 0 fully saturated rings. The number of sulfonamides is 1. The van der Waals surface area contributed by atoms with Crippen LogP contribution < -0.4 is 0 Å². The van der Waals surface area contributed by atoms with E-state index in [1.165, 1.54) is 9.97 Å². The fraction of sp³-hybridized carbons (Fsp3) is 0.462. The van der Waals surface area contributed by atoms with Crippen LogP contribution in [0.1, 0.15) is 19.4 Å². The second-order valence-electron chi connectivity index (χ2n) is 4.92. The first-order valence-corrected chi connectivity index (χ1v) is 9.27. The van der Waals surface area contributed by atoms with Crippen LogP contribution in [-0.2, 0) is 10.0 Å². The van der Waals surface area contributed by atoms with Gasteiger partial charge in [0.15, 0.2) is 0 Å². The van der Waals surface area contributed by atoms with Crippen molar-refractivity contribution in [2.45, 2.75) is 26.8 Å². The molecule has 0 amide bonds. The summed E-state index contributed by atoms with van der Waals surface area (Å²) in [5, 5.41) is 0.664. The Kier molecular flexibility index (Phi) is 6.52. The highest BCUT2D eigenvalue weighted by Gasteiger charge is 2.22. The molecule has 0 spiro atoms. The largest absolute Gasteiger partial charge is 0.296 e. The Bertz CT molecular complexity index is 618. The monoisotopic (exact) mass is 349 g/mol. The van der Waals surface area contributed by atoms with Gasteiger partial charge in [-0.15, -0.1) is 3.71 Å². The van der Waals surface area contributed by atoms with Gasteiger partial charge in [0.05, 0.1) is 24.1 Å². The second-order valence-corrected chi connectivity index (χ2v) is 8.57. The van der Waals surface area contributed by atoms with Gasteiger partial charge >= 0.3 is 0 Å². The molecule has 0 bridgehead atoms. The zero-order valence-corrected chi connectivity index (χ0v) is 15.1. The zero-order valence-electron chi connectivity index (χ0n) is 12.7. The quantitative estimate of drug-likeness (QED) is 0.448. The van der Waals surface area contributed by atoms with Crippen molar-refractivity contribution >= 4 is 45.8 Å². The minimum Gasteiger partial charge on any atom is -0.296 e. The number of nitrogens with zero attached hydrogens (tertiary/aromatic N) is 3. The molecule has 0 aromatic heterocycles. The van der Waals surface area contributed by atoms with Gasteiger partial charge in [0.25, 0.3) is 0 Å². The molecule has 0 aliphatic carbocycles. The van der Waals surface area contributed by atoms with Crippen LogP contribution in [0.3, 0.4) is 0 Å². The number of aliphatic imine (C=N–C) groups is 1. The Hall–Kier alpha value is -0.760. The highest BCUT2D eigenvalue weighted by molar-refractivity contribution is 8.07. The van der Waals surface area contributed by atoms with Gasteiger partial charge in [-0.25, -0.2) is 13.4 Å². The van der Waals surface area contributed by atoms with E-state index in [2.05, 4.69) is 4.99 Å². The molecule has 21 heavy (non-hydrogen) atoms. The minimum atomic E-state index is -3.28. The van der Waals surface area contributed by atoms with Gasteiger partial charge in [0.1, 0.15) is 6.34 Å². The van der Waals surface area contributed by atoms with Crippen molar-refractivity contribution in [2.75, 3.05) is 13.3 Å². The molecule has 1 aromatic rings. The van der Waals surface area contributed by atoms with Gasteiger partial charge in [-0.3, -0.25) is 4.31 Å². The Morgan fingerprint density at radius 3 is 2.48 bits per heavy atom. The van der Waals surface area contributed by atoms with E-state index in [1.807, 2.05) is 32.9 Å². The van der Waals surface area contributed by atoms with Crippen LogP contribution in [0.25, 0.3) is 0 Å². The van der Waals surface area contributed by atoms with Gasteiger partial charge in [0, 0.05) is 18.1 Å². The summed E-state index contributed by atoms with van der Waals surface area (Å²) in [7, 11) is -1.53. The fourth-order valence-corrected chi connectivity index (χ4v) is 3.92. The molecule has 8 heteroatoms. The van der Waals surface area contributed by atoms with Gasteiger partial charge in [-0.1, -0.05) is 11.6 Å². The first-order chi connectivity index (χ1) is 9.61. The average Bonchev–Trinajstić information content (AvgIpc) is 2.33. The number of aryl methyl sites for hydroxylation is 1. The molecular weight excluding hydrogens is 330 g/mol. The Morgan fingerprint density at radius 2 is 2.00 bits per heavy atom. The molecule has 0 saturated carbocycles. The van der Waals surface area contributed by atoms with Crippen LogP contribution in [-0.4, -0.2) is 42.1 Å². The van der Waals surface area contributed by atoms with Crippen molar-refractivity contribution in [1.29, 1.82) is 0 Å². The predicted molar refractivity (Wildman–Crippen MR) is 91.5 cm³/mol. The molecule has 0 N–H and O–H groups in total. The van der Waals surface area contributed by atoms with E-state index in [9.17, 15) is 8.42 Å². The maximum Gasteiger partial charge on any atom is 0.222 e. The number of hydrogen-bond donors (Lipinski definition) is 0. The van der Waals surface area contributed by atoms with Gasteiger partial charge in [-0.05, 0) is 44.5 Å². The average molecular weight is 350 g/mol. The van der Waals surface area contributed by atoms with Crippen LogP contribution in [0, 0.1) is 6.92 Å². The Balaban J connectivity index is 2.80. The number of benzene rings is 1. The molecule has 0 unspecified atom stereocenters. The zero-order chi connectivity index (χ0) is 16.2. The van der Waals surface area contributed by atoms with Crippen molar-refractivity contribution < 1.29 is 8.42 Å². The van der Waals surface area contributed by atoms with E-state index < -0.39 is 10.0 Å². The summed E-state index contributed by atoms with van der Waals surface area (Å²) in [4.78, 5) is 4.34. The molecule has 0 aliphatic rings. The summed E-state index contributed by atoms with van der Waals surface area (Å²) < 4.78 is 26.4. The molecule has 118 valence electrons. The van der Waals surface area contributed by atoms with E-state index >= 15 is 0 Å². The highest BCUT2D eigenvalue weighted by atomic mass is 35.5. The predicted octanol–water partition coefficient (Wildman–Crippen LogP) is 3.47. The molecule has 5 nitrogen and oxygen atoms in total. The lowest BCUT2D eigenvalue weighted by atomic mass is 10.2. The number of hydrogen-bond acceptors (Lipinski definition) is 4. The molecule has 1 rings (SSSR count). The lowest BCUT2D eigenvalue weighted by Crippen LogP contribution is -2.33. The Morgan fingerprint density at radius 1 is 1.38 bits per heavy atom. The molecule has 0 saturated heterocycles. The van der Waals surface area contributed by atoms with Crippen molar-refractivity contribution in [2.24, 2.45) is 4.99 Å². The van der Waals surface area contributed by atoms with Crippen molar-refractivity contribution in [1.82, 2.24) is 8.02 Å². The molecule has 0 heterocycles. The molecule has 1 aromatic carbocycles. The molecule has 0 atom stereocenters. The van der Waals surface area contributed by atoms with Gasteiger partial charge in [0.2, 0.25) is 10.0 Å². The first-order valence-electron chi connectivity index (χ1n) is 6.32. The second kappa shape index (κ2) is 7.49. The summed E-state index contributed by atoms with van der Waals surface area (Å²) in [5.41, 5.74) is 1.75. The summed E-state index contributed by atoms with van der Waals surface area (Å²) in [6.45, 7) is 5.56. The van der Waals surface area contributed by atoms with Crippen LogP contribution in [0.15, 0.2) is 23.2 Å². The SMILES string of the molecule is Cc1cc(Cl)ccc1N=CN(C)SN(C(C)C)S(C)(=O)=O. The smallest absolute Gasteiger partial charge is 0.222 e. The summed E-state index contributed by atoms with van der Waals surface area (Å²) in [5.74, 6) is 0. The summed E-state index contributed by atoms with van der Waals surface area (Å²) in [6.07, 6.45) is 2.77. The van der Waals surface area contributed by atoms with Gasteiger partial charge < -0.3 is 0 Å².